The van der Waals surface area contributed by atoms with Crippen molar-refractivity contribution in [1.29, 1.82) is 0 Å². The summed E-state index contributed by atoms with van der Waals surface area (Å²) in [4.78, 5) is 0. The molecule has 0 fully saturated rings. The van der Waals surface area contributed by atoms with E-state index in [0.717, 1.165) is 0 Å². The van der Waals surface area contributed by atoms with Crippen LogP contribution in [-0.2, 0) is 0 Å². The van der Waals surface area contributed by atoms with E-state index in [9.17, 15) is 0 Å². The highest BCUT2D eigenvalue weighted by Crippen LogP contribution is 2.35. The second kappa shape index (κ2) is 9.48. The molecule has 0 radical (unpaired) electrons. The maximum atomic E-state index is 3.32. The van der Waals surface area contributed by atoms with Gasteiger partial charge in [0.2, 0.25) is 0 Å². The largest absolute Gasteiger partial charge is 0.139 e. The van der Waals surface area contributed by atoms with Crippen molar-refractivity contribution in [3.8, 4) is 70.3 Å². The number of hydrogen-bond acceptors (Lipinski definition) is 0. The third kappa shape index (κ3) is 8.76. The molecule has 0 atom stereocenters. The highest BCUT2D eigenvalue weighted by Gasteiger charge is 2.34. The Labute approximate surface area is 164 Å². The Morgan fingerprint density at radius 2 is 0.577 bits per heavy atom. The Bertz CT molecular complexity index is 800. The van der Waals surface area contributed by atoms with Crippen LogP contribution in [0.2, 0.25) is 36.3 Å². The van der Waals surface area contributed by atoms with Crippen LogP contribution in [0.1, 0.15) is 41.5 Å². The average Bonchev–Trinajstić information content (AvgIpc) is 2.45. The van der Waals surface area contributed by atoms with Gasteiger partial charge in [-0.15, -0.1) is 11.1 Å². The van der Waals surface area contributed by atoms with E-state index in [1.165, 1.54) is 0 Å². The van der Waals surface area contributed by atoms with E-state index in [2.05, 4.69) is 138 Å². The molecular formula is C24H30Si2. The normalized spacial score (nSPS) is 10.4. The Balaban J connectivity index is 4.80. The first-order chi connectivity index (χ1) is 11.7. The van der Waals surface area contributed by atoms with Gasteiger partial charge in [-0.25, -0.2) is 0 Å². The summed E-state index contributed by atoms with van der Waals surface area (Å²) in [5.41, 5.74) is 6.65. The molecule has 0 aliphatic carbocycles. The van der Waals surface area contributed by atoms with Crippen molar-refractivity contribution in [2.45, 2.75) is 77.8 Å². The van der Waals surface area contributed by atoms with Crippen LogP contribution in [0.25, 0.3) is 0 Å². The third-order valence-corrected chi connectivity index (χ3v) is 14.1. The van der Waals surface area contributed by atoms with Crippen LogP contribution < -0.4 is 0 Å². The lowest BCUT2D eigenvalue weighted by atomic mass is 10.2. The Morgan fingerprint density at radius 3 is 0.769 bits per heavy atom. The lowest BCUT2D eigenvalue weighted by Gasteiger charge is -2.31. The van der Waals surface area contributed by atoms with Gasteiger partial charge in [-0.05, 0) is 69.3 Å². The smallest absolute Gasteiger partial charge is 0.117 e. The summed E-state index contributed by atoms with van der Waals surface area (Å²) in [6, 6.07) is 0. The van der Waals surface area contributed by atoms with E-state index < -0.39 is 16.1 Å². The maximum absolute atomic E-state index is 3.32. The van der Waals surface area contributed by atoms with Crippen molar-refractivity contribution in [3.05, 3.63) is 0 Å². The maximum Gasteiger partial charge on any atom is 0.139 e. The second-order valence-corrected chi connectivity index (χ2v) is 19.2. The van der Waals surface area contributed by atoms with Gasteiger partial charge in [0.15, 0.2) is 0 Å². The van der Waals surface area contributed by atoms with Crippen molar-refractivity contribution in [3.63, 3.8) is 0 Å². The number of hydrogen-bond donors (Lipinski definition) is 0. The van der Waals surface area contributed by atoms with Gasteiger partial charge in [0.25, 0.3) is 0 Å². The van der Waals surface area contributed by atoms with Crippen molar-refractivity contribution in [2.75, 3.05) is 0 Å². The second-order valence-electron chi connectivity index (χ2n) is 9.25. The summed E-state index contributed by atoms with van der Waals surface area (Å²) in [6.07, 6.45) is 0. The van der Waals surface area contributed by atoms with Crippen LogP contribution in [-0.4, -0.2) is 16.1 Å². The number of rotatable bonds is 0. The summed E-state index contributed by atoms with van der Waals surface area (Å²) in [5, 5.41) is 0.482. The van der Waals surface area contributed by atoms with Gasteiger partial charge < -0.3 is 0 Å². The zero-order chi connectivity index (χ0) is 20.5. The molecular weight excluding hydrogens is 344 g/mol. The Kier molecular flexibility index (Phi) is 8.68. The SMILES string of the molecule is CC(C)(C)[Si](C)(C)C#CC#CC#CC#CC#CC#C[Si](C)(C)C(C)(C)C. The van der Waals surface area contributed by atoms with Gasteiger partial charge in [-0.1, -0.05) is 67.7 Å². The monoisotopic (exact) mass is 374 g/mol. The van der Waals surface area contributed by atoms with Crippen molar-refractivity contribution in [2.24, 2.45) is 0 Å². The molecule has 2 heteroatoms. The van der Waals surface area contributed by atoms with Gasteiger partial charge in [0.1, 0.15) is 16.1 Å². The molecule has 0 aromatic rings. The van der Waals surface area contributed by atoms with E-state index in [1.807, 2.05) is 0 Å². The van der Waals surface area contributed by atoms with Crippen molar-refractivity contribution in [1.82, 2.24) is 0 Å². The Hall–Kier alpha value is -2.21. The minimum Gasteiger partial charge on any atom is -0.117 e. The fourth-order valence-corrected chi connectivity index (χ4v) is 2.50. The summed E-state index contributed by atoms with van der Waals surface area (Å²) < 4.78 is 0. The van der Waals surface area contributed by atoms with Crippen LogP contribution >= 0.6 is 0 Å². The molecule has 0 unspecified atom stereocenters. The molecule has 0 N–H and O–H groups in total. The highest BCUT2D eigenvalue weighted by atomic mass is 28.3. The van der Waals surface area contributed by atoms with Gasteiger partial charge in [-0.3, -0.25) is 0 Å². The van der Waals surface area contributed by atoms with Crippen LogP contribution in [0.15, 0.2) is 0 Å². The fraction of sp³-hybridized carbons (Fsp3) is 0.500. The zero-order valence-electron chi connectivity index (χ0n) is 18.0. The molecule has 0 aliphatic rings. The first kappa shape index (κ1) is 23.8. The van der Waals surface area contributed by atoms with E-state index in [-0.39, 0.29) is 10.1 Å². The molecule has 0 saturated carbocycles. The molecule has 0 heterocycles. The van der Waals surface area contributed by atoms with Crippen LogP contribution in [0.5, 0.6) is 0 Å². The predicted molar refractivity (Wildman–Crippen MR) is 121 cm³/mol. The van der Waals surface area contributed by atoms with Gasteiger partial charge in [-0.2, -0.15) is 0 Å². The highest BCUT2D eigenvalue weighted by molar-refractivity contribution is 6.88. The summed E-state index contributed by atoms with van der Waals surface area (Å²) in [7, 11) is -3.19. The van der Waals surface area contributed by atoms with Crippen molar-refractivity contribution >= 4 is 16.1 Å². The van der Waals surface area contributed by atoms with E-state index in [1.54, 1.807) is 0 Å². The molecule has 0 spiro atoms. The molecule has 0 aromatic carbocycles. The van der Waals surface area contributed by atoms with Crippen LogP contribution in [0, 0.1) is 70.3 Å². The average molecular weight is 375 g/mol. The summed E-state index contributed by atoms with van der Waals surface area (Å²) in [5.74, 6) is 27.5. The molecule has 0 bridgehead atoms. The topological polar surface area (TPSA) is 0 Å². The van der Waals surface area contributed by atoms with E-state index >= 15 is 0 Å². The standard InChI is InChI=1S/C24H30Si2/c1-23(2,3)25(7,8)21-19-17-15-13-11-12-14-16-18-20-22-26(9,10)24(4,5)6/h1-10H3. The first-order valence-corrected chi connectivity index (χ1v) is 14.8. The van der Waals surface area contributed by atoms with Crippen LogP contribution in [0.4, 0.5) is 0 Å². The van der Waals surface area contributed by atoms with E-state index in [0.29, 0.717) is 0 Å². The molecule has 134 valence electrons. The quantitative estimate of drug-likeness (QED) is 0.409. The minimum absolute atomic E-state index is 0.241. The third-order valence-electron chi connectivity index (χ3n) is 5.06. The lowest BCUT2D eigenvalue weighted by Crippen LogP contribution is -2.35. The minimum atomic E-state index is -1.59. The lowest BCUT2D eigenvalue weighted by molar-refractivity contribution is 0.730. The van der Waals surface area contributed by atoms with Crippen LogP contribution in [0.3, 0.4) is 0 Å². The first-order valence-electron chi connectivity index (χ1n) is 8.75. The molecule has 0 saturated heterocycles. The molecule has 0 rings (SSSR count). The summed E-state index contributed by atoms with van der Waals surface area (Å²) in [6.45, 7) is 22.4. The molecule has 0 aliphatic heterocycles. The Morgan fingerprint density at radius 1 is 0.385 bits per heavy atom. The van der Waals surface area contributed by atoms with Gasteiger partial charge in [0, 0.05) is 0 Å². The molecule has 0 aromatic heterocycles. The molecule has 26 heavy (non-hydrogen) atoms. The summed E-state index contributed by atoms with van der Waals surface area (Å²) >= 11 is 0. The predicted octanol–water partition coefficient (Wildman–Crippen LogP) is 5.10. The molecule has 0 amide bonds. The fourth-order valence-electron chi connectivity index (χ4n) is 1.00. The van der Waals surface area contributed by atoms with Crippen molar-refractivity contribution < 1.29 is 0 Å². The molecule has 0 nitrogen and oxygen atoms in total. The van der Waals surface area contributed by atoms with E-state index in [4.69, 9.17) is 0 Å². The van der Waals surface area contributed by atoms with Gasteiger partial charge >= 0.3 is 0 Å². The van der Waals surface area contributed by atoms with Gasteiger partial charge in [0.05, 0.1) is 0 Å². The zero-order valence-corrected chi connectivity index (χ0v) is 20.0.